The number of methoxy groups -OCH3 is 1. The van der Waals surface area contributed by atoms with Crippen LogP contribution in [-0.2, 0) is 0 Å². The van der Waals surface area contributed by atoms with Gasteiger partial charge < -0.3 is 4.74 Å². The van der Waals surface area contributed by atoms with Crippen LogP contribution in [0, 0.1) is 0 Å². The van der Waals surface area contributed by atoms with Crippen LogP contribution in [0.25, 0.3) is 0 Å². The van der Waals surface area contributed by atoms with Crippen LogP contribution in [0.5, 0.6) is 5.75 Å². The second kappa shape index (κ2) is 5.76. The molecule has 0 amide bonds. The number of unbranched alkanes of at least 4 members (excludes halogenated alkanes) is 1. The maximum Gasteiger partial charge on any atom is 0.164 e. The van der Waals surface area contributed by atoms with Crippen molar-refractivity contribution in [2.45, 2.75) is 26.2 Å². The van der Waals surface area contributed by atoms with Crippen molar-refractivity contribution in [3.05, 3.63) is 28.8 Å². The molecule has 0 fully saturated rings. The van der Waals surface area contributed by atoms with Gasteiger partial charge in [-0.2, -0.15) is 0 Å². The van der Waals surface area contributed by atoms with E-state index >= 15 is 0 Å². The standard InChI is InChI=1S/C12H15ClO2/c1-3-4-5-12(14)10-8-9(15-2)6-7-11(10)13/h6-8H,3-5H2,1-2H3. The van der Waals surface area contributed by atoms with Crippen molar-refractivity contribution < 1.29 is 9.53 Å². The number of Topliss-reactive ketones (excluding diaryl/α,β-unsaturated/α-hetero) is 1. The molecule has 0 saturated carbocycles. The van der Waals surface area contributed by atoms with E-state index in [1.165, 1.54) is 0 Å². The third-order valence-electron chi connectivity index (χ3n) is 2.23. The molecule has 0 aromatic heterocycles. The molecular weight excluding hydrogens is 212 g/mol. The van der Waals surface area contributed by atoms with Crippen LogP contribution in [0.4, 0.5) is 0 Å². The molecule has 0 atom stereocenters. The summed E-state index contributed by atoms with van der Waals surface area (Å²) >= 11 is 5.95. The van der Waals surface area contributed by atoms with Gasteiger partial charge in [-0.05, 0) is 24.6 Å². The second-order valence-corrected chi connectivity index (χ2v) is 3.78. The Balaban J connectivity index is 2.86. The van der Waals surface area contributed by atoms with E-state index in [0.717, 1.165) is 12.8 Å². The first kappa shape index (κ1) is 12.1. The molecule has 0 spiro atoms. The highest BCUT2D eigenvalue weighted by molar-refractivity contribution is 6.34. The Bertz CT molecular complexity index is 347. The van der Waals surface area contributed by atoms with Crippen molar-refractivity contribution in [3.8, 4) is 5.75 Å². The summed E-state index contributed by atoms with van der Waals surface area (Å²) in [6.07, 6.45) is 2.45. The van der Waals surface area contributed by atoms with E-state index in [4.69, 9.17) is 16.3 Å². The maximum atomic E-state index is 11.8. The van der Waals surface area contributed by atoms with Crippen molar-refractivity contribution in [2.75, 3.05) is 7.11 Å². The lowest BCUT2D eigenvalue weighted by Gasteiger charge is -2.05. The number of halogens is 1. The van der Waals surface area contributed by atoms with E-state index in [2.05, 4.69) is 6.92 Å². The maximum absolute atomic E-state index is 11.8. The zero-order valence-corrected chi connectivity index (χ0v) is 9.80. The SMILES string of the molecule is CCCCC(=O)c1cc(OC)ccc1Cl. The molecule has 0 aliphatic carbocycles. The number of carbonyl (C=O) groups is 1. The predicted molar refractivity (Wildman–Crippen MR) is 61.9 cm³/mol. The molecule has 3 heteroatoms. The van der Waals surface area contributed by atoms with Crippen LogP contribution in [0.2, 0.25) is 5.02 Å². The Kier molecular flexibility index (Phi) is 4.63. The zero-order valence-electron chi connectivity index (χ0n) is 9.05. The zero-order chi connectivity index (χ0) is 11.3. The van der Waals surface area contributed by atoms with Gasteiger partial charge >= 0.3 is 0 Å². The molecule has 0 aliphatic rings. The van der Waals surface area contributed by atoms with Gasteiger partial charge in [0.05, 0.1) is 12.1 Å². The number of rotatable bonds is 5. The largest absolute Gasteiger partial charge is 0.497 e. The number of carbonyl (C=O) groups excluding carboxylic acids is 1. The third-order valence-corrected chi connectivity index (χ3v) is 2.56. The summed E-state index contributed by atoms with van der Waals surface area (Å²) in [6.45, 7) is 2.06. The molecular formula is C12H15ClO2. The van der Waals surface area contributed by atoms with Crippen LogP contribution in [-0.4, -0.2) is 12.9 Å². The molecule has 0 unspecified atom stereocenters. The van der Waals surface area contributed by atoms with E-state index in [9.17, 15) is 4.79 Å². The molecule has 15 heavy (non-hydrogen) atoms. The Labute approximate surface area is 95.2 Å². The molecule has 0 N–H and O–H groups in total. The average molecular weight is 227 g/mol. The Morgan fingerprint density at radius 1 is 1.47 bits per heavy atom. The minimum Gasteiger partial charge on any atom is -0.497 e. The molecule has 0 heterocycles. The molecule has 1 aromatic carbocycles. The lowest BCUT2D eigenvalue weighted by atomic mass is 10.1. The summed E-state index contributed by atoms with van der Waals surface area (Å²) in [7, 11) is 1.57. The summed E-state index contributed by atoms with van der Waals surface area (Å²) in [6, 6.07) is 5.14. The molecule has 82 valence electrons. The highest BCUT2D eigenvalue weighted by atomic mass is 35.5. The fourth-order valence-corrected chi connectivity index (χ4v) is 1.54. The minimum atomic E-state index is 0.0840. The molecule has 1 aromatic rings. The lowest BCUT2D eigenvalue weighted by molar-refractivity contribution is 0.0979. The van der Waals surface area contributed by atoms with Gasteiger partial charge in [-0.3, -0.25) is 4.79 Å². The number of ketones is 1. The van der Waals surface area contributed by atoms with E-state index < -0.39 is 0 Å². The highest BCUT2D eigenvalue weighted by Crippen LogP contribution is 2.23. The van der Waals surface area contributed by atoms with Gasteiger partial charge in [0.25, 0.3) is 0 Å². The van der Waals surface area contributed by atoms with E-state index in [0.29, 0.717) is 22.8 Å². The smallest absolute Gasteiger partial charge is 0.164 e. The summed E-state index contributed by atoms with van der Waals surface area (Å²) in [5.41, 5.74) is 0.560. The molecule has 0 saturated heterocycles. The minimum absolute atomic E-state index is 0.0840. The summed E-state index contributed by atoms with van der Waals surface area (Å²) in [4.78, 5) is 11.8. The van der Waals surface area contributed by atoms with Gasteiger partial charge in [0.15, 0.2) is 5.78 Å². The van der Waals surface area contributed by atoms with Gasteiger partial charge in [0.1, 0.15) is 5.75 Å². The highest BCUT2D eigenvalue weighted by Gasteiger charge is 2.10. The quantitative estimate of drug-likeness (QED) is 0.716. The van der Waals surface area contributed by atoms with E-state index in [1.54, 1.807) is 25.3 Å². The Morgan fingerprint density at radius 2 is 2.20 bits per heavy atom. The van der Waals surface area contributed by atoms with Crippen molar-refractivity contribution in [1.29, 1.82) is 0 Å². The Hall–Kier alpha value is -1.02. The summed E-state index contributed by atoms with van der Waals surface area (Å²) in [5, 5.41) is 0.497. The Morgan fingerprint density at radius 3 is 2.80 bits per heavy atom. The first-order chi connectivity index (χ1) is 7.19. The molecule has 0 radical (unpaired) electrons. The first-order valence-corrected chi connectivity index (χ1v) is 5.43. The first-order valence-electron chi connectivity index (χ1n) is 5.05. The van der Waals surface area contributed by atoms with Crippen molar-refractivity contribution in [1.82, 2.24) is 0 Å². The van der Waals surface area contributed by atoms with Gasteiger partial charge in [-0.25, -0.2) is 0 Å². The summed E-state index contributed by atoms with van der Waals surface area (Å²) < 4.78 is 5.05. The topological polar surface area (TPSA) is 26.3 Å². The monoisotopic (exact) mass is 226 g/mol. The van der Waals surface area contributed by atoms with Gasteiger partial charge in [-0.15, -0.1) is 0 Å². The van der Waals surface area contributed by atoms with Crippen LogP contribution < -0.4 is 4.74 Å². The van der Waals surface area contributed by atoms with Crippen LogP contribution in [0.3, 0.4) is 0 Å². The van der Waals surface area contributed by atoms with Crippen molar-refractivity contribution in [3.63, 3.8) is 0 Å². The van der Waals surface area contributed by atoms with Crippen molar-refractivity contribution >= 4 is 17.4 Å². The fraction of sp³-hybridized carbons (Fsp3) is 0.417. The van der Waals surface area contributed by atoms with Gasteiger partial charge in [-0.1, -0.05) is 24.9 Å². The number of benzene rings is 1. The molecule has 0 bridgehead atoms. The molecule has 0 aliphatic heterocycles. The van der Waals surface area contributed by atoms with Crippen molar-refractivity contribution in [2.24, 2.45) is 0 Å². The van der Waals surface area contributed by atoms with Crippen LogP contribution >= 0.6 is 11.6 Å². The fourth-order valence-electron chi connectivity index (χ4n) is 1.32. The second-order valence-electron chi connectivity index (χ2n) is 3.37. The lowest BCUT2D eigenvalue weighted by Crippen LogP contribution is -2.00. The number of hydrogen-bond acceptors (Lipinski definition) is 2. The van der Waals surface area contributed by atoms with E-state index in [1.807, 2.05) is 0 Å². The number of ether oxygens (including phenoxy) is 1. The normalized spacial score (nSPS) is 10.1. The molecule has 2 nitrogen and oxygen atoms in total. The van der Waals surface area contributed by atoms with Crippen LogP contribution in [0.15, 0.2) is 18.2 Å². The van der Waals surface area contributed by atoms with Crippen LogP contribution in [0.1, 0.15) is 36.5 Å². The van der Waals surface area contributed by atoms with Gasteiger partial charge in [0, 0.05) is 12.0 Å². The third kappa shape index (κ3) is 3.24. The number of hydrogen-bond donors (Lipinski definition) is 0. The van der Waals surface area contributed by atoms with E-state index in [-0.39, 0.29) is 5.78 Å². The van der Waals surface area contributed by atoms with Gasteiger partial charge in [0.2, 0.25) is 0 Å². The predicted octanol–water partition coefficient (Wildman–Crippen LogP) is 3.72. The average Bonchev–Trinajstić information content (AvgIpc) is 2.26. The summed E-state index contributed by atoms with van der Waals surface area (Å²) in [5.74, 6) is 0.750. The molecule has 1 rings (SSSR count).